The highest BCUT2D eigenvalue weighted by Gasteiger charge is 2.08. The van der Waals surface area contributed by atoms with Gasteiger partial charge in [-0.05, 0) is 36.4 Å². The van der Waals surface area contributed by atoms with Crippen LogP contribution in [0, 0.1) is 0 Å². The predicted octanol–water partition coefficient (Wildman–Crippen LogP) is 2.85. The van der Waals surface area contributed by atoms with Crippen molar-refractivity contribution in [2.45, 2.75) is 6.10 Å². The summed E-state index contributed by atoms with van der Waals surface area (Å²) in [5, 5.41) is 10.1. The molecule has 1 aromatic heterocycles. The number of hydrogen-bond donors (Lipinski definition) is 1. The van der Waals surface area contributed by atoms with Gasteiger partial charge in [0.25, 0.3) is 0 Å². The Morgan fingerprint density at radius 3 is 2.30 bits per heavy atom. The van der Waals surface area contributed by atoms with Crippen molar-refractivity contribution in [3.8, 4) is 11.5 Å². The molecule has 1 aromatic carbocycles. The fourth-order valence-electron chi connectivity index (χ4n) is 1.88. The van der Waals surface area contributed by atoms with E-state index in [0.29, 0.717) is 17.2 Å². The topological polar surface area (TPSA) is 51.6 Å². The monoisotopic (exact) mass is 271 g/mol. The van der Waals surface area contributed by atoms with E-state index in [1.807, 2.05) is 30.3 Å². The minimum Gasteiger partial charge on any atom is -0.496 e. The molecule has 0 saturated carbocycles. The Kier molecular flexibility index (Phi) is 4.74. The first kappa shape index (κ1) is 14.1. The van der Waals surface area contributed by atoms with Gasteiger partial charge in [-0.3, -0.25) is 4.98 Å². The Hall–Kier alpha value is -2.33. The minimum atomic E-state index is -0.772. The summed E-state index contributed by atoms with van der Waals surface area (Å²) in [6, 6.07) is 11.0. The lowest BCUT2D eigenvalue weighted by molar-refractivity contribution is 0.224. The highest BCUT2D eigenvalue weighted by atomic mass is 16.5. The molecule has 0 aliphatic rings. The number of hydrogen-bond acceptors (Lipinski definition) is 4. The molecular weight excluding hydrogens is 254 g/mol. The molecule has 0 unspecified atom stereocenters. The maximum atomic E-state index is 10.1. The van der Waals surface area contributed by atoms with Crippen LogP contribution in [0.2, 0.25) is 0 Å². The number of pyridine rings is 1. The number of aliphatic hydroxyl groups is 1. The largest absolute Gasteiger partial charge is 0.496 e. The van der Waals surface area contributed by atoms with E-state index >= 15 is 0 Å². The Labute approximate surface area is 118 Å². The fourth-order valence-corrected chi connectivity index (χ4v) is 1.88. The number of nitrogens with zero attached hydrogens (tertiary/aromatic N) is 1. The van der Waals surface area contributed by atoms with Crippen LogP contribution in [0.4, 0.5) is 0 Å². The van der Waals surface area contributed by atoms with E-state index in [-0.39, 0.29) is 0 Å². The van der Waals surface area contributed by atoms with Crippen LogP contribution in [0.1, 0.15) is 17.4 Å². The fraction of sp³-hybridized carbons (Fsp3) is 0.188. The second-order valence-corrected chi connectivity index (χ2v) is 4.13. The molecule has 20 heavy (non-hydrogen) atoms. The van der Waals surface area contributed by atoms with Gasteiger partial charge in [0.2, 0.25) is 0 Å². The van der Waals surface area contributed by atoms with Crippen LogP contribution in [0.15, 0.2) is 48.7 Å². The lowest BCUT2D eigenvalue weighted by atomic mass is 10.1. The van der Waals surface area contributed by atoms with E-state index in [0.717, 1.165) is 5.56 Å². The van der Waals surface area contributed by atoms with Gasteiger partial charge in [-0.15, -0.1) is 0 Å². The summed E-state index contributed by atoms with van der Waals surface area (Å²) in [5.74, 6) is 1.38. The van der Waals surface area contributed by atoms with Gasteiger partial charge in [-0.25, -0.2) is 0 Å². The van der Waals surface area contributed by atoms with Crippen LogP contribution in [-0.4, -0.2) is 24.3 Å². The lowest BCUT2D eigenvalue weighted by Crippen LogP contribution is -1.96. The molecule has 4 heteroatoms. The molecule has 1 heterocycles. The minimum absolute atomic E-state index is 0.595. The summed E-state index contributed by atoms with van der Waals surface area (Å²) in [6.45, 7) is 0. The second kappa shape index (κ2) is 6.73. The molecule has 4 nitrogen and oxygen atoms in total. The van der Waals surface area contributed by atoms with Crippen LogP contribution in [0.5, 0.6) is 11.5 Å². The van der Waals surface area contributed by atoms with Crippen molar-refractivity contribution in [3.05, 3.63) is 59.9 Å². The Bertz CT molecular complexity index is 559. The van der Waals surface area contributed by atoms with E-state index in [9.17, 15) is 5.11 Å². The third-order valence-corrected chi connectivity index (χ3v) is 2.90. The molecular formula is C16H17NO3. The summed E-state index contributed by atoms with van der Waals surface area (Å²) in [6.07, 6.45) is 4.31. The zero-order valence-electron chi connectivity index (χ0n) is 11.5. The van der Waals surface area contributed by atoms with Crippen molar-refractivity contribution in [2.75, 3.05) is 14.2 Å². The number of ether oxygens (including phenoxy) is 2. The van der Waals surface area contributed by atoms with Crippen molar-refractivity contribution >= 4 is 6.08 Å². The van der Waals surface area contributed by atoms with Gasteiger partial charge in [-0.1, -0.05) is 12.1 Å². The molecule has 0 bridgehead atoms. The molecule has 0 radical (unpaired) electrons. The Morgan fingerprint density at radius 2 is 1.75 bits per heavy atom. The van der Waals surface area contributed by atoms with E-state index < -0.39 is 6.10 Å². The second-order valence-electron chi connectivity index (χ2n) is 4.13. The first-order valence-corrected chi connectivity index (χ1v) is 6.24. The lowest BCUT2D eigenvalue weighted by Gasteiger charge is -2.10. The van der Waals surface area contributed by atoms with E-state index in [2.05, 4.69) is 4.98 Å². The van der Waals surface area contributed by atoms with Gasteiger partial charge in [0.15, 0.2) is 0 Å². The molecule has 0 amide bonds. The highest BCUT2D eigenvalue weighted by molar-refractivity contribution is 5.64. The zero-order valence-corrected chi connectivity index (χ0v) is 11.5. The average Bonchev–Trinajstić information content (AvgIpc) is 2.52. The van der Waals surface area contributed by atoms with Crippen LogP contribution < -0.4 is 9.47 Å². The zero-order chi connectivity index (χ0) is 14.4. The van der Waals surface area contributed by atoms with Crippen molar-refractivity contribution in [3.63, 3.8) is 0 Å². The molecule has 104 valence electrons. The van der Waals surface area contributed by atoms with Gasteiger partial charge in [-0.2, -0.15) is 0 Å². The van der Waals surface area contributed by atoms with E-state index in [1.54, 1.807) is 38.6 Å². The van der Waals surface area contributed by atoms with Gasteiger partial charge in [0, 0.05) is 6.20 Å². The predicted molar refractivity (Wildman–Crippen MR) is 77.8 cm³/mol. The van der Waals surface area contributed by atoms with Crippen molar-refractivity contribution < 1.29 is 14.6 Å². The van der Waals surface area contributed by atoms with Gasteiger partial charge < -0.3 is 14.6 Å². The third kappa shape index (κ3) is 3.16. The summed E-state index contributed by atoms with van der Waals surface area (Å²) < 4.78 is 10.6. The number of aromatic nitrogens is 1. The van der Waals surface area contributed by atoms with E-state index in [4.69, 9.17) is 9.47 Å². The maximum absolute atomic E-state index is 10.1. The van der Waals surface area contributed by atoms with Crippen molar-refractivity contribution in [2.24, 2.45) is 0 Å². The Morgan fingerprint density at radius 1 is 1.05 bits per heavy atom. The van der Waals surface area contributed by atoms with Gasteiger partial charge in [0.1, 0.15) is 17.6 Å². The number of benzene rings is 1. The summed E-state index contributed by atoms with van der Waals surface area (Å²) in [5.41, 5.74) is 1.38. The smallest absolute Gasteiger partial charge is 0.129 e. The molecule has 2 aromatic rings. The number of methoxy groups -OCH3 is 2. The van der Waals surface area contributed by atoms with Crippen LogP contribution in [-0.2, 0) is 0 Å². The van der Waals surface area contributed by atoms with Crippen molar-refractivity contribution in [1.82, 2.24) is 4.98 Å². The summed E-state index contributed by atoms with van der Waals surface area (Å²) >= 11 is 0. The molecule has 1 N–H and O–H groups in total. The molecule has 2 rings (SSSR count). The van der Waals surface area contributed by atoms with Gasteiger partial charge in [0.05, 0.1) is 25.5 Å². The first-order valence-electron chi connectivity index (χ1n) is 6.24. The molecule has 1 atom stereocenters. The van der Waals surface area contributed by atoms with Crippen LogP contribution in [0.3, 0.4) is 0 Å². The maximum Gasteiger partial charge on any atom is 0.129 e. The van der Waals surface area contributed by atoms with Crippen LogP contribution >= 0.6 is 0 Å². The molecule has 0 fully saturated rings. The normalized spacial score (nSPS) is 12.3. The number of rotatable bonds is 5. The van der Waals surface area contributed by atoms with E-state index in [1.165, 1.54) is 0 Å². The quantitative estimate of drug-likeness (QED) is 0.908. The summed E-state index contributed by atoms with van der Waals surface area (Å²) in [7, 11) is 3.20. The number of aliphatic hydroxyl groups excluding tert-OH is 1. The summed E-state index contributed by atoms with van der Waals surface area (Å²) in [4.78, 5) is 4.11. The van der Waals surface area contributed by atoms with Crippen LogP contribution in [0.25, 0.3) is 6.08 Å². The van der Waals surface area contributed by atoms with Crippen molar-refractivity contribution in [1.29, 1.82) is 0 Å². The highest BCUT2D eigenvalue weighted by Crippen LogP contribution is 2.30. The SMILES string of the molecule is COc1cccc(OC)c1/C=C/[C@H](O)c1ccccn1. The molecule has 0 saturated heterocycles. The first-order chi connectivity index (χ1) is 9.76. The molecule has 0 spiro atoms. The molecule has 0 aliphatic heterocycles. The standard InChI is InChI=1S/C16H17NO3/c1-19-15-7-5-8-16(20-2)12(15)9-10-14(18)13-6-3-4-11-17-13/h3-11,14,18H,1-2H3/b10-9+/t14-/m0/s1. The van der Waals surface area contributed by atoms with Gasteiger partial charge >= 0.3 is 0 Å². The average molecular weight is 271 g/mol. The Balaban J connectivity index is 2.27. The molecule has 0 aliphatic carbocycles. The third-order valence-electron chi connectivity index (χ3n) is 2.90.